The molecule has 0 aliphatic heterocycles. The molecule has 0 fully saturated rings. The summed E-state index contributed by atoms with van der Waals surface area (Å²) in [6.45, 7) is 5.18. The lowest BCUT2D eigenvalue weighted by atomic mass is 9.97. The molecule has 84 valence electrons. The lowest BCUT2D eigenvalue weighted by Gasteiger charge is -2.10. The van der Waals surface area contributed by atoms with Crippen molar-refractivity contribution in [1.29, 1.82) is 0 Å². The van der Waals surface area contributed by atoms with Gasteiger partial charge in [-0.05, 0) is 26.2 Å². The van der Waals surface area contributed by atoms with Gasteiger partial charge in [-0.15, -0.1) is 0 Å². The van der Waals surface area contributed by atoms with Gasteiger partial charge in [-0.1, -0.05) is 13.8 Å². The first-order valence-corrected chi connectivity index (χ1v) is 6.96. The highest BCUT2D eigenvalue weighted by molar-refractivity contribution is 7.91. The second-order valence-corrected chi connectivity index (χ2v) is 6.07. The number of Topliss-reactive ketones (excluding diaryl/α,β-unsaturated/α-hetero) is 1. The average molecular weight is 220 g/mol. The fraction of sp³-hybridized carbons (Fsp3) is 0.900. The second kappa shape index (κ2) is 6.17. The largest absolute Gasteiger partial charge is 0.300 e. The van der Waals surface area contributed by atoms with E-state index in [4.69, 9.17) is 0 Å². The molecule has 0 saturated carbocycles. The van der Waals surface area contributed by atoms with Crippen LogP contribution in [0.1, 0.15) is 40.0 Å². The fourth-order valence-corrected chi connectivity index (χ4v) is 2.28. The summed E-state index contributed by atoms with van der Waals surface area (Å²) in [7, 11) is -2.86. The van der Waals surface area contributed by atoms with E-state index in [1.165, 1.54) is 0 Å². The van der Waals surface area contributed by atoms with E-state index in [0.29, 0.717) is 12.8 Å². The van der Waals surface area contributed by atoms with Crippen molar-refractivity contribution in [2.75, 3.05) is 11.5 Å². The van der Waals surface area contributed by atoms with Crippen LogP contribution in [0.2, 0.25) is 0 Å². The van der Waals surface area contributed by atoms with Gasteiger partial charge in [-0.3, -0.25) is 4.79 Å². The molecule has 0 bridgehead atoms. The van der Waals surface area contributed by atoms with Gasteiger partial charge < -0.3 is 0 Å². The first kappa shape index (κ1) is 13.6. The van der Waals surface area contributed by atoms with Crippen molar-refractivity contribution in [3.8, 4) is 0 Å². The predicted octanol–water partition coefficient (Wildman–Crippen LogP) is 1.82. The zero-order chi connectivity index (χ0) is 11.2. The second-order valence-electron chi connectivity index (χ2n) is 3.59. The summed E-state index contributed by atoms with van der Waals surface area (Å²) in [5.41, 5.74) is 0. The Hall–Kier alpha value is -0.380. The average Bonchev–Trinajstić information content (AvgIpc) is 2.12. The normalized spacial score (nSPS) is 13.9. The molecule has 0 heterocycles. The third kappa shape index (κ3) is 5.37. The summed E-state index contributed by atoms with van der Waals surface area (Å²) in [6.07, 6.45) is 2.11. The number of hydrogen-bond acceptors (Lipinski definition) is 3. The van der Waals surface area contributed by atoms with Crippen LogP contribution in [0.25, 0.3) is 0 Å². The maximum Gasteiger partial charge on any atom is 0.150 e. The van der Waals surface area contributed by atoms with Crippen LogP contribution in [0.4, 0.5) is 0 Å². The van der Waals surface area contributed by atoms with E-state index >= 15 is 0 Å². The first-order chi connectivity index (χ1) is 6.43. The van der Waals surface area contributed by atoms with E-state index in [0.717, 1.165) is 6.42 Å². The fourth-order valence-electron chi connectivity index (χ4n) is 1.39. The SMILES string of the molecule is CCC(CCCS(=O)(=O)CC)C(C)=O. The third-order valence-electron chi connectivity index (χ3n) is 2.52. The van der Waals surface area contributed by atoms with E-state index < -0.39 is 9.84 Å². The van der Waals surface area contributed by atoms with E-state index in [1.807, 2.05) is 6.92 Å². The maximum atomic E-state index is 11.2. The van der Waals surface area contributed by atoms with E-state index in [1.54, 1.807) is 13.8 Å². The minimum Gasteiger partial charge on any atom is -0.300 e. The van der Waals surface area contributed by atoms with Crippen molar-refractivity contribution >= 4 is 15.6 Å². The molecule has 0 aromatic heterocycles. The van der Waals surface area contributed by atoms with Gasteiger partial charge in [0.05, 0.1) is 5.75 Å². The summed E-state index contributed by atoms with van der Waals surface area (Å²) in [6, 6.07) is 0. The van der Waals surface area contributed by atoms with Gasteiger partial charge in [0.2, 0.25) is 0 Å². The summed E-state index contributed by atoms with van der Waals surface area (Å²) in [5, 5.41) is 0. The molecule has 4 heteroatoms. The van der Waals surface area contributed by atoms with Crippen LogP contribution in [0.15, 0.2) is 0 Å². The number of carbonyl (C=O) groups is 1. The molecule has 0 N–H and O–H groups in total. The Kier molecular flexibility index (Phi) is 6.00. The van der Waals surface area contributed by atoms with Crippen LogP contribution in [-0.2, 0) is 14.6 Å². The number of hydrogen-bond donors (Lipinski definition) is 0. The molecular weight excluding hydrogens is 200 g/mol. The molecule has 0 aliphatic carbocycles. The Morgan fingerprint density at radius 3 is 2.21 bits per heavy atom. The Morgan fingerprint density at radius 1 is 1.29 bits per heavy atom. The van der Waals surface area contributed by atoms with Crippen LogP contribution in [0.5, 0.6) is 0 Å². The number of carbonyl (C=O) groups excluding carboxylic acids is 1. The van der Waals surface area contributed by atoms with Crippen molar-refractivity contribution in [1.82, 2.24) is 0 Å². The molecule has 3 nitrogen and oxygen atoms in total. The molecule has 0 aliphatic rings. The Balaban J connectivity index is 3.89. The Bertz CT molecular complexity index is 267. The van der Waals surface area contributed by atoms with Gasteiger partial charge in [0.1, 0.15) is 15.6 Å². The topological polar surface area (TPSA) is 51.2 Å². The van der Waals surface area contributed by atoms with Crippen LogP contribution >= 0.6 is 0 Å². The molecule has 0 aromatic carbocycles. The molecule has 14 heavy (non-hydrogen) atoms. The van der Waals surface area contributed by atoms with Gasteiger partial charge in [-0.25, -0.2) is 8.42 Å². The van der Waals surface area contributed by atoms with Crippen LogP contribution < -0.4 is 0 Å². The lowest BCUT2D eigenvalue weighted by molar-refractivity contribution is -0.121. The van der Waals surface area contributed by atoms with Gasteiger partial charge >= 0.3 is 0 Å². The van der Waals surface area contributed by atoms with Crippen LogP contribution in [0, 0.1) is 5.92 Å². The van der Waals surface area contributed by atoms with Crippen LogP contribution in [-0.4, -0.2) is 25.7 Å². The molecule has 0 saturated heterocycles. The lowest BCUT2D eigenvalue weighted by Crippen LogP contribution is -2.14. The van der Waals surface area contributed by atoms with Gasteiger partial charge in [0.15, 0.2) is 0 Å². The maximum absolute atomic E-state index is 11.2. The number of ketones is 1. The van der Waals surface area contributed by atoms with E-state index in [-0.39, 0.29) is 23.2 Å². The summed E-state index contributed by atoms with van der Waals surface area (Å²) in [4.78, 5) is 11.1. The molecule has 0 radical (unpaired) electrons. The molecule has 0 aromatic rings. The predicted molar refractivity (Wildman–Crippen MR) is 58.0 cm³/mol. The van der Waals surface area contributed by atoms with Crippen molar-refractivity contribution in [3.63, 3.8) is 0 Å². The highest BCUT2D eigenvalue weighted by Crippen LogP contribution is 2.12. The zero-order valence-corrected chi connectivity index (χ0v) is 10.1. The highest BCUT2D eigenvalue weighted by Gasteiger charge is 2.13. The Morgan fingerprint density at radius 2 is 1.86 bits per heavy atom. The monoisotopic (exact) mass is 220 g/mol. The zero-order valence-electron chi connectivity index (χ0n) is 9.25. The third-order valence-corrected chi connectivity index (χ3v) is 4.31. The minimum atomic E-state index is -2.86. The summed E-state index contributed by atoms with van der Waals surface area (Å²) in [5.74, 6) is 0.625. The van der Waals surface area contributed by atoms with Crippen molar-refractivity contribution in [2.45, 2.75) is 40.0 Å². The summed E-state index contributed by atoms with van der Waals surface area (Å²) >= 11 is 0. The molecule has 1 atom stereocenters. The number of sulfone groups is 1. The van der Waals surface area contributed by atoms with Gasteiger partial charge in [-0.2, -0.15) is 0 Å². The molecule has 0 amide bonds. The summed E-state index contributed by atoms with van der Waals surface area (Å²) < 4.78 is 22.3. The molecule has 0 spiro atoms. The number of rotatable bonds is 7. The van der Waals surface area contributed by atoms with Crippen molar-refractivity contribution in [3.05, 3.63) is 0 Å². The smallest absolute Gasteiger partial charge is 0.150 e. The van der Waals surface area contributed by atoms with Crippen molar-refractivity contribution < 1.29 is 13.2 Å². The molecule has 0 rings (SSSR count). The highest BCUT2D eigenvalue weighted by atomic mass is 32.2. The van der Waals surface area contributed by atoms with Crippen LogP contribution in [0.3, 0.4) is 0 Å². The molecule has 1 unspecified atom stereocenters. The Labute approximate surface area is 86.8 Å². The van der Waals surface area contributed by atoms with E-state index in [9.17, 15) is 13.2 Å². The van der Waals surface area contributed by atoms with E-state index in [2.05, 4.69) is 0 Å². The molecular formula is C10H20O3S. The standard InChI is InChI=1S/C10H20O3S/c1-4-10(9(3)11)7-6-8-14(12,13)5-2/h10H,4-8H2,1-3H3. The first-order valence-electron chi connectivity index (χ1n) is 5.13. The minimum absolute atomic E-state index is 0.0436. The van der Waals surface area contributed by atoms with Crippen molar-refractivity contribution in [2.24, 2.45) is 5.92 Å². The van der Waals surface area contributed by atoms with Gasteiger partial charge in [0.25, 0.3) is 0 Å². The quantitative estimate of drug-likeness (QED) is 0.657. The van der Waals surface area contributed by atoms with Gasteiger partial charge in [0, 0.05) is 11.7 Å².